The molecule has 2 atom stereocenters. The minimum absolute atomic E-state index is 0.0431. The molecule has 0 bridgehead atoms. The fourth-order valence-electron chi connectivity index (χ4n) is 3.57. The Bertz CT molecular complexity index is 1330. The van der Waals surface area contributed by atoms with E-state index in [0.29, 0.717) is 15.6 Å². The molecule has 1 aliphatic rings. The number of nitro groups is 1. The van der Waals surface area contributed by atoms with Crippen molar-refractivity contribution in [3.8, 4) is 0 Å². The molecule has 35 heavy (non-hydrogen) atoms. The lowest BCUT2D eigenvalue weighted by atomic mass is 10.1. The first-order chi connectivity index (χ1) is 16.5. The van der Waals surface area contributed by atoms with Crippen molar-refractivity contribution in [2.24, 2.45) is 5.92 Å². The predicted molar refractivity (Wildman–Crippen MR) is 136 cm³/mol. The van der Waals surface area contributed by atoms with Crippen LogP contribution in [0.1, 0.15) is 21.8 Å². The van der Waals surface area contributed by atoms with Crippen LogP contribution in [0, 0.1) is 16.0 Å². The van der Waals surface area contributed by atoms with E-state index < -0.39 is 32.9 Å². The number of carbonyl (C=O) groups is 2. The average Bonchev–Trinajstić information content (AvgIpc) is 3.36. The van der Waals surface area contributed by atoms with Crippen molar-refractivity contribution in [1.82, 2.24) is 4.98 Å². The number of hydrogen-bond donors (Lipinski definition) is 2. The summed E-state index contributed by atoms with van der Waals surface area (Å²) < 4.78 is -1.37. The number of halogens is 5. The first-order valence-corrected chi connectivity index (χ1v) is 11.7. The molecule has 4 rings (SSSR count). The van der Waals surface area contributed by atoms with Crippen molar-refractivity contribution < 1.29 is 14.5 Å². The van der Waals surface area contributed by atoms with E-state index in [1.54, 1.807) is 18.2 Å². The summed E-state index contributed by atoms with van der Waals surface area (Å²) in [5.74, 6) is -2.35. The highest BCUT2D eigenvalue weighted by Crippen LogP contribution is 2.65. The summed E-state index contributed by atoms with van der Waals surface area (Å²) in [4.78, 5) is 39.6. The molecule has 2 amide bonds. The molecule has 2 aromatic carbocycles. The summed E-state index contributed by atoms with van der Waals surface area (Å²) in [6.07, 6.45) is 1.01. The molecule has 0 radical (unpaired) electrons. The molecule has 3 aromatic rings. The molecule has 0 spiro atoms. The van der Waals surface area contributed by atoms with E-state index in [1.165, 1.54) is 30.3 Å². The monoisotopic (exact) mass is 572 g/mol. The van der Waals surface area contributed by atoms with Gasteiger partial charge in [-0.05, 0) is 48.0 Å². The Kier molecular flexibility index (Phi) is 7.13. The normalized spacial score (nSPS) is 18.0. The number of rotatable bonds is 6. The summed E-state index contributed by atoms with van der Waals surface area (Å²) in [6.45, 7) is 0. The van der Waals surface area contributed by atoms with E-state index in [0.717, 1.165) is 6.20 Å². The van der Waals surface area contributed by atoms with E-state index in [9.17, 15) is 19.7 Å². The maximum Gasteiger partial charge on any atom is 0.287 e. The topological polar surface area (TPSA) is 114 Å². The van der Waals surface area contributed by atoms with E-state index in [4.69, 9.17) is 58.0 Å². The van der Waals surface area contributed by atoms with Crippen LogP contribution in [0.5, 0.6) is 0 Å². The summed E-state index contributed by atoms with van der Waals surface area (Å²) in [7, 11) is 0. The van der Waals surface area contributed by atoms with Gasteiger partial charge in [0.15, 0.2) is 0 Å². The fourth-order valence-corrected chi connectivity index (χ4v) is 5.15. The molecule has 0 aliphatic heterocycles. The zero-order valence-electron chi connectivity index (χ0n) is 17.3. The molecule has 1 heterocycles. The first kappa shape index (κ1) is 25.5. The Labute approximate surface area is 223 Å². The summed E-state index contributed by atoms with van der Waals surface area (Å²) in [6, 6.07) is 11.6. The molecular weight excluding hydrogens is 562 g/mol. The fraction of sp³-hybridized carbons (Fsp3) is 0.136. The van der Waals surface area contributed by atoms with Gasteiger partial charge >= 0.3 is 0 Å². The van der Waals surface area contributed by atoms with Gasteiger partial charge in [0, 0.05) is 27.7 Å². The van der Waals surface area contributed by atoms with Gasteiger partial charge in [0.1, 0.15) is 16.3 Å². The van der Waals surface area contributed by atoms with Crippen LogP contribution in [0.15, 0.2) is 54.7 Å². The Morgan fingerprint density at radius 3 is 2.26 bits per heavy atom. The van der Waals surface area contributed by atoms with Gasteiger partial charge in [0.2, 0.25) is 5.91 Å². The van der Waals surface area contributed by atoms with Gasteiger partial charge in [-0.1, -0.05) is 34.8 Å². The lowest BCUT2D eigenvalue weighted by Gasteiger charge is -2.10. The minimum Gasteiger partial charge on any atom is -0.326 e. The third-order valence-corrected chi connectivity index (χ3v) is 6.97. The zero-order valence-corrected chi connectivity index (χ0v) is 21.0. The minimum atomic E-state index is -1.37. The van der Waals surface area contributed by atoms with Crippen molar-refractivity contribution >= 4 is 87.0 Å². The van der Waals surface area contributed by atoms with Gasteiger partial charge < -0.3 is 10.6 Å². The smallest absolute Gasteiger partial charge is 0.287 e. The zero-order chi connectivity index (χ0) is 25.5. The second-order valence-corrected chi connectivity index (χ2v) is 10.4. The van der Waals surface area contributed by atoms with E-state index in [1.807, 2.05) is 0 Å². The Balaban J connectivity index is 1.49. The van der Waals surface area contributed by atoms with Crippen LogP contribution in [0.25, 0.3) is 0 Å². The predicted octanol–water partition coefficient (Wildman–Crippen LogP) is 6.73. The number of amides is 2. The standard InChI is InChI=1S/C22H13Cl5N4O4/c23-11-5-10(6-12(24)7-11)18-19(22(18,26)27)21(33)29-13-1-3-16(25)15(8-13)20(32)30-17-4-2-14(9-28-17)31(34)35/h1-9,18-19H,(H,29,33)(H,28,30,32)/t18-,19+/m0/s1. The lowest BCUT2D eigenvalue weighted by molar-refractivity contribution is -0.385. The maximum absolute atomic E-state index is 12.9. The number of pyridine rings is 1. The van der Waals surface area contributed by atoms with Crippen LogP contribution in [-0.2, 0) is 4.79 Å². The van der Waals surface area contributed by atoms with Crippen LogP contribution in [0.4, 0.5) is 17.2 Å². The van der Waals surface area contributed by atoms with Crippen molar-refractivity contribution in [1.29, 1.82) is 0 Å². The van der Waals surface area contributed by atoms with Crippen molar-refractivity contribution in [2.45, 2.75) is 10.3 Å². The summed E-state index contributed by atoms with van der Waals surface area (Å²) in [5.41, 5.74) is 0.722. The molecular formula is C22H13Cl5N4O4. The third kappa shape index (κ3) is 5.47. The average molecular weight is 575 g/mol. The molecule has 0 saturated heterocycles. The van der Waals surface area contributed by atoms with Gasteiger partial charge in [0.25, 0.3) is 11.6 Å². The molecule has 1 saturated carbocycles. The van der Waals surface area contributed by atoms with Crippen LogP contribution >= 0.6 is 58.0 Å². The number of aromatic nitrogens is 1. The number of carbonyl (C=O) groups excluding carboxylic acids is 2. The van der Waals surface area contributed by atoms with E-state index in [2.05, 4.69) is 15.6 Å². The molecule has 1 aromatic heterocycles. The van der Waals surface area contributed by atoms with E-state index in [-0.39, 0.29) is 27.8 Å². The molecule has 2 N–H and O–H groups in total. The number of nitrogens with one attached hydrogen (secondary N) is 2. The highest BCUT2D eigenvalue weighted by molar-refractivity contribution is 6.53. The number of nitrogens with zero attached hydrogens (tertiary/aromatic N) is 2. The second-order valence-electron chi connectivity index (χ2n) is 7.63. The summed E-state index contributed by atoms with van der Waals surface area (Å²) in [5, 5.41) is 16.8. The highest BCUT2D eigenvalue weighted by atomic mass is 35.5. The third-order valence-electron chi connectivity index (χ3n) is 5.26. The van der Waals surface area contributed by atoms with Gasteiger partial charge in [-0.2, -0.15) is 0 Å². The number of anilines is 2. The number of benzene rings is 2. The van der Waals surface area contributed by atoms with Crippen molar-refractivity contribution in [3.05, 3.63) is 91.0 Å². The van der Waals surface area contributed by atoms with Gasteiger partial charge in [-0.15, -0.1) is 23.2 Å². The van der Waals surface area contributed by atoms with Gasteiger partial charge in [-0.25, -0.2) is 4.98 Å². The van der Waals surface area contributed by atoms with E-state index >= 15 is 0 Å². The molecule has 13 heteroatoms. The van der Waals surface area contributed by atoms with Crippen molar-refractivity contribution in [3.63, 3.8) is 0 Å². The van der Waals surface area contributed by atoms with Crippen LogP contribution < -0.4 is 10.6 Å². The molecule has 1 fully saturated rings. The number of hydrogen-bond acceptors (Lipinski definition) is 5. The van der Waals surface area contributed by atoms with Crippen LogP contribution in [-0.4, -0.2) is 26.1 Å². The largest absolute Gasteiger partial charge is 0.326 e. The Morgan fingerprint density at radius 1 is 0.971 bits per heavy atom. The quantitative estimate of drug-likeness (QED) is 0.193. The molecule has 180 valence electrons. The Morgan fingerprint density at radius 2 is 1.66 bits per heavy atom. The van der Waals surface area contributed by atoms with Gasteiger partial charge in [0.05, 0.1) is 21.4 Å². The molecule has 1 aliphatic carbocycles. The highest BCUT2D eigenvalue weighted by Gasteiger charge is 2.67. The first-order valence-electron chi connectivity index (χ1n) is 9.83. The SMILES string of the molecule is O=C(Nc1ccc([N+](=O)[O-])cn1)c1cc(NC(=O)[C@H]2[C@H](c3cc(Cl)cc(Cl)c3)C2(Cl)Cl)ccc1Cl. The molecule has 0 unspecified atom stereocenters. The Hall–Kier alpha value is -2.62. The summed E-state index contributed by atoms with van der Waals surface area (Å²) >= 11 is 31.0. The van der Waals surface area contributed by atoms with Crippen LogP contribution in [0.3, 0.4) is 0 Å². The lowest BCUT2D eigenvalue weighted by Crippen LogP contribution is -2.18. The second kappa shape index (κ2) is 9.79. The van der Waals surface area contributed by atoms with Gasteiger partial charge in [-0.3, -0.25) is 19.7 Å². The van der Waals surface area contributed by atoms with Crippen LogP contribution in [0.2, 0.25) is 15.1 Å². The molecule has 8 nitrogen and oxygen atoms in total. The van der Waals surface area contributed by atoms with Crippen molar-refractivity contribution in [2.75, 3.05) is 10.6 Å². The maximum atomic E-state index is 12.9. The number of alkyl halides is 2.